The molecule has 0 spiro atoms. The Morgan fingerprint density at radius 3 is 2.79 bits per heavy atom. The number of anilines is 1. The lowest BCUT2D eigenvalue weighted by atomic mass is 10.0. The first kappa shape index (κ1) is 19.1. The fraction of sp³-hybridized carbons (Fsp3) is 0.524. The second-order valence-electron chi connectivity index (χ2n) is 7.92. The summed E-state index contributed by atoms with van der Waals surface area (Å²) in [5.41, 5.74) is 1.26. The van der Waals surface area contributed by atoms with Gasteiger partial charge in [-0.1, -0.05) is 12.1 Å². The van der Waals surface area contributed by atoms with Gasteiger partial charge >= 0.3 is 0 Å². The quantitative estimate of drug-likeness (QED) is 0.874. The smallest absolute Gasteiger partial charge is 0.237 e. The highest BCUT2D eigenvalue weighted by atomic mass is 19.1. The molecule has 0 saturated carbocycles. The molecule has 3 heterocycles. The van der Waals surface area contributed by atoms with Crippen molar-refractivity contribution in [2.24, 2.45) is 0 Å². The minimum atomic E-state index is -0.895. The van der Waals surface area contributed by atoms with Crippen molar-refractivity contribution in [2.75, 3.05) is 31.5 Å². The highest BCUT2D eigenvalue weighted by Crippen LogP contribution is 2.26. The largest absolute Gasteiger partial charge is 0.382 e. The van der Waals surface area contributed by atoms with E-state index in [0.29, 0.717) is 18.5 Å². The van der Waals surface area contributed by atoms with Gasteiger partial charge in [-0.15, -0.1) is 0 Å². The number of hydrogen-bond donors (Lipinski definition) is 1. The predicted octanol–water partition coefficient (Wildman–Crippen LogP) is 3.21. The Morgan fingerprint density at radius 2 is 2.07 bits per heavy atom. The van der Waals surface area contributed by atoms with Crippen molar-refractivity contribution in [3.05, 3.63) is 36.3 Å². The van der Waals surface area contributed by atoms with Crippen molar-refractivity contribution >= 4 is 22.5 Å². The lowest BCUT2D eigenvalue weighted by molar-refractivity contribution is -0.133. The molecular formula is C21H26F2N4O. The number of para-hydroxylation sites is 1. The van der Waals surface area contributed by atoms with Crippen molar-refractivity contribution in [2.45, 2.75) is 44.4 Å². The number of carbonyl (C=O) groups excluding carboxylic acids is 1. The number of carbonyl (C=O) groups is 1. The van der Waals surface area contributed by atoms with Gasteiger partial charge in [0.2, 0.25) is 5.91 Å². The van der Waals surface area contributed by atoms with Crippen LogP contribution in [0.1, 0.15) is 26.2 Å². The molecule has 1 amide bonds. The summed E-state index contributed by atoms with van der Waals surface area (Å²) in [7, 11) is 0. The van der Waals surface area contributed by atoms with Gasteiger partial charge in [-0.3, -0.25) is 14.7 Å². The lowest BCUT2D eigenvalue weighted by Crippen LogP contribution is -2.46. The summed E-state index contributed by atoms with van der Waals surface area (Å²) in [6.07, 6.45) is 2.96. The average Bonchev–Trinajstić information content (AvgIpc) is 3.02. The summed E-state index contributed by atoms with van der Waals surface area (Å²) in [4.78, 5) is 20.4. The third-order valence-corrected chi connectivity index (χ3v) is 5.87. The third kappa shape index (κ3) is 3.94. The maximum Gasteiger partial charge on any atom is 0.237 e. The SMILES string of the molecule is C[C@@H]1C[C@H](F)CN1C(=O)CN1CCC(Nc2ccnc3c(F)cccc23)CC1. The van der Waals surface area contributed by atoms with E-state index in [4.69, 9.17) is 0 Å². The molecule has 2 aliphatic rings. The molecule has 2 atom stereocenters. The molecular weight excluding hydrogens is 362 g/mol. The number of halogens is 2. The number of benzene rings is 1. The number of nitrogens with one attached hydrogen (secondary N) is 1. The van der Waals surface area contributed by atoms with Crippen molar-refractivity contribution in [1.82, 2.24) is 14.8 Å². The number of amides is 1. The van der Waals surface area contributed by atoms with Crippen LogP contribution in [-0.4, -0.2) is 65.1 Å². The van der Waals surface area contributed by atoms with E-state index in [1.165, 1.54) is 6.07 Å². The van der Waals surface area contributed by atoms with Crippen LogP contribution >= 0.6 is 0 Å². The van der Waals surface area contributed by atoms with Crippen LogP contribution < -0.4 is 5.32 Å². The molecule has 0 radical (unpaired) electrons. The van der Waals surface area contributed by atoms with E-state index in [1.807, 2.05) is 19.1 Å². The number of fused-ring (bicyclic) bond motifs is 1. The number of alkyl halides is 1. The van der Waals surface area contributed by atoms with E-state index in [1.54, 1.807) is 17.2 Å². The van der Waals surface area contributed by atoms with Gasteiger partial charge in [0, 0.05) is 48.9 Å². The normalized spacial score (nSPS) is 24.0. The van der Waals surface area contributed by atoms with Gasteiger partial charge in [0.15, 0.2) is 0 Å². The minimum Gasteiger partial charge on any atom is -0.382 e. The Bertz CT molecular complexity index is 853. The van der Waals surface area contributed by atoms with Crippen molar-refractivity contribution in [1.29, 1.82) is 0 Å². The molecule has 1 aromatic carbocycles. The molecule has 2 aromatic rings. The molecule has 1 aromatic heterocycles. The second kappa shape index (κ2) is 7.99. The Balaban J connectivity index is 1.33. The van der Waals surface area contributed by atoms with E-state index in [-0.39, 0.29) is 30.4 Å². The Kier molecular flexibility index (Phi) is 5.44. The Morgan fingerprint density at radius 1 is 1.29 bits per heavy atom. The highest BCUT2D eigenvalue weighted by molar-refractivity contribution is 5.91. The van der Waals surface area contributed by atoms with E-state index in [0.717, 1.165) is 37.0 Å². The highest BCUT2D eigenvalue weighted by Gasteiger charge is 2.33. The van der Waals surface area contributed by atoms with Crippen LogP contribution in [0.25, 0.3) is 10.9 Å². The van der Waals surface area contributed by atoms with E-state index in [9.17, 15) is 13.6 Å². The van der Waals surface area contributed by atoms with Crippen LogP contribution in [0.15, 0.2) is 30.5 Å². The number of hydrogen-bond acceptors (Lipinski definition) is 4. The molecule has 7 heteroatoms. The number of rotatable bonds is 4. The monoisotopic (exact) mass is 388 g/mol. The molecule has 0 aliphatic carbocycles. The first-order valence-corrected chi connectivity index (χ1v) is 9.97. The maximum atomic E-state index is 13.9. The summed E-state index contributed by atoms with van der Waals surface area (Å²) in [6, 6.07) is 7.11. The number of piperidine rings is 1. The molecule has 2 aliphatic heterocycles. The minimum absolute atomic E-state index is 0.0120. The lowest BCUT2D eigenvalue weighted by Gasteiger charge is -2.34. The van der Waals surface area contributed by atoms with Gasteiger partial charge < -0.3 is 10.2 Å². The summed E-state index contributed by atoms with van der Waals surface area (Å²) >= 11 is 0. The fourth-order valence-electron chi connectivity index (χ4n) is 4.32. The summed E-state index contributed by atoms with van der Waals surface area (Å²) in [5.74, 6) is -0.296. The molecule has 1 N–H and O–H groups in total. The third-order valence-electron chi connectivity index (χ3n) is 5.87. The Hall–Kier alpha value is -2.28. The molecule has 5 nitrogen and oxygen atoms in total. The summed E-state index contributed by atoms with van der Waals surface area (Å²) in [5, 5.41) is 4.30. The zero-order chi connectivity index (χ0) is 19.7. The first-order chi connectivity index (χ1) is 13.5. The molecule has 0 unspecified atom stereocenters. The summed E-state index contributed by atoms with van der Waals surface area (Å²) < 4.78 is 27.5. The second-order valence-corrected chi connectivity index (χ2v) is 7.92. The van der Waals surface area contributed by atoms with Gasteiger partial charge in [-0.25, -0.2) is 8.78 Å². The average molecular weight is 388 g/mol. The van der Waals surface area contributed by atoms with Crippen LogP contribution in [0.4, 0.5) is 14.5 Å². The topological polar surface area (TPSA) is 48.5 Å². The first-order valence-electron chi connectivity index (χ1n) is 9.97. The standard InChI is InChI=1S/C21H26F2N4O/c1-14-11-15(22)12-27(14)20(28)13-26-9-6-16(7-10-26)25-19-5-8-24-21-17(19)3-2-4-18(21)23/h2-5,8,14-16H,6-7,9-13H2,1H3,(H,24,25)/t14-,15+/m1/s1. The molecule has 0 bridgehead atoms. The van der Waals surface area contributed by atoms with Crippen LogP contribution in [0.3, 0.4) is 0 Å². The fourth-order valence-corrected chi connectivity index (χ4v) is 4.32. The van der Waals surface area contributed by atoms with Crippen molar-refractivity contribution in [3.63, 3.8) is 0 Å². The van der Waals surface area contributed by atoms with Crippen LogP contribution in [-0.2, 0) is 4.79 Å². The zero-order valence-electron chi connectivity index (χ0n) is 16.1. The molecule has 4 rings (SSSR count). The van der Waals surface area contributed by atoms with E-state index < -0.39 is 6.17 Å². The molecule has 2 saturated heterocycles. The number of aromatic nitrogens is 1. The van der Waals surface area contributed by atoms with Gasteiger partial charge in [0.25, 0.3) is 0 Å². The van der Waals surface area contributed by atoms with E-state index in [2.05, 4.69) is 15.2 Å². The van der Waals surface area contributed by atoms with Gasteiger partial charge in [-0.05, 0) is 31.9 Å². The number of pyridine rings is 1. The van der Waals surface area contributed by atoms with Gasteiger partial charge in [0.05, 0.1) is 13.1 Å². The number of likely N-dealkylation sites (tertiary alicyclic amines) is 2. The van der Waals surface area contributed by atoms with Gasteiger partial charge in [0.1, 0.15) is 17.5 Å². The molecule has 150 valence electrons. The van der Waals surface area contributed by atoms with Crippen LogP contribution in [0.2, 0.25) is 0 Å². The Labute approximate surface area is 163 Å². The van der Waals surface area contributed by atoms with E-state index >= 15 is 0 Å². The van der Waals surface area contributed by atoms with Crippen molar-refractivity contribution in [3.8, 4) is 0 Å². The van der Waals surface area contributed by atoms with Crippen LogP contribution in [0.5, 0.6) is 0 Å². The van der Waals surface area contributed by atoms with Crippen molar-refractivity contribution < 1.29 is 13.6 Å². The molecule has 28 heavy (non-hydrogen) atoms. The van der Waals surface area contributed by atoms with Crippen LogP contribution in [0, 0.1) is 5.82 Å². The molecule has 2 fully saturated rings. The summed E-state index contributed by atoms with van der Waals surface area (Å²) in [6.45, 7) is 4.11. The zero-order valence-corrected chi connectivity index (χ0v) is 16.1. The number of nitrogens with zero attached hydrogens (tertiary/aromatic N) is 3. The maximum absolute atomic E-state index is 13.9. The predicted molar refractivity (Wildman–Crippen MR) is 105 cm³/mol. The van der Waals surface area contributed by atoms with Gasteiger partial charge in [-0.2, -0.15) is 0 Å².